The van der Waals surface area contributed by atoms with Crippen molar-refractivity contribution in [2.75, 3.05) is 0 Å². The molecule has 0 amide bonds. The maximum absolute atomic E-state index is 11.6. The van der Waals surface area contributed by atoms with Gasteiger partial charge in [0, 0.05) is 12.6 Å². The minimum atomic E-state index is -0.536. The monoisotopic (exact) mass is 224 g/mol. The maximum Gasteiger partial charge on any atom is 0.435 e. The van der Waals surface area contributed by atoms with Crippen molar-refractivity contribution in [1.29, 1.82) is 0 Å². The van der Waals surface area contributed by atoms with Crippen molar-refractivity contribution < 1.29 is 14.3 Å². The lowest BCUT2D eigenvalue weighted by Gasteiger charge is -2.18. The van der Waals surface area contributed by atoms with Gasteiger partial charge in [-0.1, -0.05) is 0 Å². The molecule has 1 heterocycles. The minimum Gasteiger partial charge on any atom is -0.442 e. The first kappa shape index (κ1) is 12.4. The van der Waals surface area contributed by atoms with Crippen LogP contribution in [0.2, 0.25) is 0 Å². The lowest BCUT2D eigenvalue weighted by Crippen LogP contribution is -2.27. The summed E-state index contributed by atoms with van der Waals surface area (Å²) in [5.41, 5.74) is 0.171. The van der Waals surface area contributed by atoms with Crippen molar-refractivity contribution in [3.8, 4) is 0 Å². The molecule has 1 rings (SSSR count). The molecule has 0 spiro atoms. The molecule has 0 N–H and O–H groups in total. The van der Waals surface area contributed by atoms with Gasteiger partial charge in [-0.25, -0.2) is 4.79 Å². The summed E-state index contributed by atoms with van der Waals surface area (Å²) >= 11 is 0. The van der Waals surface area contributed by atoms with E-state index in [0.717, 1.165) is 11.0 Å². The fourth-order valence-corrected chi connectivity index (χ4v) is 1.11. The van der Waals surface area contributed by atoms with Crippen LogP contribution in [0.15, 0.2) is 12.3 Å². The lowest BCUT2D eigenvalue weighted by molar-refractivity contribution is -0.107. The summed E-state index contributed by atoms with van der Waals surface area (Å²) in [4.78, 5) is 21.7. The van der Waals surface area contributed by atoms with Gasteiger partial charge in [0.25, 0.3) is 0 Å². The summed E-state index contributed by atoms with van der Waals surface area (Å²) < 4.78 is 6.28. The molecule has 5 heteroatoms. The van der Waals surface area contributed by atoms with Crippen molar-refractivity contribution in [2.45, 2.75) is 39.2 Å². The van der Waals surface area contributed by atoms with Crippen LogP contribution in [0.5, 0.6) is 0 Å². The molecule has 0 aromatic carbocycles. The Kier molecular flexibility index (Phi) is 3.82. The number of aromatic nitrogens is 2. The van der Waals surface area contributed by atoms with Crippen LogP contribution in [0.4, 0.5) is 4.79 Å². The second kappa shape index (κ2) is 4.92. The van der Waals surface area contributed by atoms with Crippen LogP contribution in [-0.4, -0.2) is 27.8 Å². The normalized spacial score (nSPS) is 11.2. The van der Waals surface area contributed by atoms with Gasteiger partial charge in [-0.2, -0.15) is 9.78 Å². The smallest absolute Gasteiger partial charge is 0.435 e. The Morgan fingerprint density at radius 1 is 1.56 bits per heavy atom. The Hall–Kier alpha value is -1.65. The highest BCUT2D eigenvalue weighted by Crippen LogP contribution is 2.09. The predicted octanol–water partition coefficient (Wildman–Crippen LogP) is 1.80. The van der Waals surface area contributed by atoms with Crippen LogP contribution in [0.3, 0.4) is 0 Å². The predicted molar refractivity (Wildman–Crippen MR) is 58.2 cm³/mol. The van der Waals surface area contributed by atoms with Crippen LogP contribution in [0, 0.1) is 0 Å². The van der Waals surface area contributed by atoms with E-state index in [2.05, 4.69) is 5.10 Å². The summed E-state index contributed by atoms with van der Waals surface area (Å²) in [6, 6.07) is 1.70. The highest BCUT2D eigenvalue weighted by Gasteiger charge is 2.18. The van der Waals surface area contributed by atoms with E-state index in [4.69, 9.17) is 4.74 Å². The second-order valence-corrected chi connectivity index (χ2v) is 4.44. The molecule has 88 valence electrons. The van der Waals surface area contributed by atoms with E-state index in [1.807, 2.05) is 0 Å². The van der Waals surface area contributed by atoms with Crippen molar-refractivity contribution in [3.63, 3.8) is 0 Å². The third kappa shape index (κ3) is 3.84. The van der Waals surface area contributed by atoms with Gasteiger partial charge in [-0.15, -0.1) is 0 Å². The number of nitrogens with zero attached hydrogens (tertiary/aromatic N) is 2. The highest BCUT2D eigenvalue weighted by molar-refractivity contribution is 5.69. The van der Waals surface area contributed by atoms with E-state index in [9.17, 15) is 9.59 Å². The quantitative estimate of drug-likeness (QED) is 0.734. The van der Waals surface area contributed by atoms with Gasteiger partial charge in [0.2, 0.25) is 0 Å². The molecule has 0 aliphatic heterocycles. The zero-order valence-electron chi connectivity index (χ0n) is 9.77. The SMILES string of the molecule is CC(C)(C)OC(=O)n1ccc(CCC=O)n1. The molecule has 0 aliphatic carbocycles. The Bertz CT molecular complexity index is 377. The van der Waals surface area contributed by atoms with Gasteiger partial charge in [0.1, 0.15) is 11.9 Å². The van der Waals surface area contributed by atoms with Crippen molar-refractivity contribution in [3.05, 3.63) is 18.0 Å². The van der Waals surface area contributed by atoms with Gasteiger partial charge in [0.15, 0.2) is 0 Å². The Balaban J connectivity index is 2.63. The number of hydrogen-bond donors (Lipinski definition) is 0. The van der Waals surface area contributed by atoms with Gasteiger partial charge in [0.05, 0.1) is 5.69 Å². The molecule has 0 unspecified atom stereocenters. The first-order chi connectivity index (χ1) is 7.42. The van der Waals surface area contributed by atoms with Crippen LogP contribution in [0.1, 0.15) is 32.9 Å². The van der Waals surface area contributed by atoms with E-state index >= 15 is 0 Å². The molecule has 0 fully saturated rings. The summed E-state index contributed by atoms with van der Waals surface area (Å²) in [6.45, 7) is 5.38. The summed E-state index contributed by atoms with van der Waals surface area (Å²) in [7, 11) is 0. The zero-order chi connectivity index (χ0) is 12.2. The number of aldehydes is 1. The molecule has 0 atom stereocenters. The first-order valence-electron chi connectivity index (χ1n) is 5.14. The number of ether oxygens (including phenoxy) is 1. The van der Waals surface area contributed by atoms with Crippen molar-refractivity contribution in [2.24, 2.45) is 0 Å². The molecular formula is C11H16N2O3. The number of hydrogen-bond acceptors (Lipinski definition) is 4. The number of carbonyl (C=O) groups excluding carboxylic acids is 2. The first-order valence-corrected chi connectivity index (χ1v) is 5.14. The maximum atomic E-state index is 11.6. The standard InChI is InChI=1S/C11H16N2O3/c1-11(2,3)16-10(15)13-7-6-9(12-13)5-4-8-14/h6-8H,4-5H2,1-3H3. The van der Waals surface area contributed by atoms with Crippen LogP contribution >= 0.6 is 0 Å². The van der Waals surface area contributed by atoms with E-state index < -0.39 is 11.7 Å². The van der Waals surface area contributed by atoms with Gasteiger partial charge < -0.3 is 9.53 Å². The van der Waals surface area contributed by atoms with E-state index in [-0.39, 0.29) is 0 Å². The molecule has 5 nitrogen and oxygen atoms in total. The Morgan fingerprint density at radius 3 is 2.81 bits per heavy atom. The van der Waals surface area contributed by atoms with Crippen LogP contribution < -0.4 is 0 Å². The molecule has 1 aromatic heterocycles. The van der Waals surface area contributed by atoms with Gasteiger partial charge in [-0.05, 0) is 33.3 Å². The fraction of sp³-hybridized carbons (Fsp3) is 0.545. The van der Waals surface area contributed by atoms with Gasteiger partial charge >= 0.3 is 6.09 Å². The fourth-order valence-electron chi connectivity index (χ4n) is 1.11. The molecule has 0 aliphatic rings. The molecule has 0 radical (unpaired) electrons. The largest absolute Gasteiger partial charge is 0.442 e. The van der Waals surface area contributed by atoms with Crippen LogP contribution in [0.25, 0.3) is 0 Å². The van der Waals surface area contributed by atoms with Crippen LogP contribution in [-0.2, 0) is 16.0 Å². The van der Waals surface area contributed by atoms with E-state index in [1.165, 1.54) is 6.20 Å². The third-order valence-corrected chi connectivity index (χ3v) is 1.74. The molecular weight excluding hydrogens is 208 g/mol. The number of rotatable bonds is 3. The average Bonchev–Trinajstić information content (AvgIpc) is 2.60. The van der Waals surface area contributed by atoms with Crippen molar-refractivity contribution >= 4 is 12.4 Å². The Labute approximate surface area is 94.4 Å². The third-order valence-electron chi connectivity index (χ3n) is 1.74. The molecule has 0 saturated carbocycles. The molecule has 1 aromatic rings. The van der Waals surface area contributed by atoms with E-state index in [0.29, 0.717) is 18.5 Å². The average molecular weight is 224 g/mol. The summed E-state index contributed by atoms with van der Waals surface area (Å²) in [5, 5.41) is 4.02. The second-order valence-electron chi connectivity index (χ2n) is 4.44. The number of carbonyl (C=O) groups is 2. The minimum absolute atomic E-state index is 0.408. The Morgan fingerprint density at radius 2 is 2.25 bits per heavy atom. The zero-order valence-corrected chi connectivity index (χ0v) is 9.77. The highest BCUT2D eigenvalue weighted by atomic mass is 16.6. The lowest BCUT2D eigenvalue weighted by atomic mass is 10.2. The topological polar surface area (TPSA) is 61.2 Å². The van der Waals surface area contributed by atoms with Crippen molar-refractivity contribution in [1.82, 2.24) is 9.78 Å². The van der Waals surface area contributed by atoms with E-state index in [1.54, 1.807) is 26.8 Å². The number of aryl methyl sites for hydroxylation is 1. The summed E-state index contributed by atoms with van der Waals surface area (Å²) in [5.74, 6) is 0. The summed E-state index contributed by atoms with van der Waals surface area (Å²) in [6.07, 6.45) is 2.80. The molecule has 0 bridgehead atoms. The van der Waals surface area contributed by atoms with Gasteiger partial charge in [-0.3, -0.25) is 0 Å². The molecule has 0 saturated heterocycles. The molecule has 16 heavy (non-hydrogen) atoms.